The molecule has 1 amide bonds. The number of nitrogens with zero attached hydrogens (tertiary/aromatic N) is 3. The lowest BCUT2D eigenvalue weighted by Crippen LogP contribution is -2.26. The zero-order valence-corrected chi connectivity index (χ0v) is 15.0. The van der Waals surface area contributed by atoms with E-state index < -0.39 is 0 Å². The molecule has 2 heterocycles. The maximum Gasteiger partial charge on any atom is 0.256 e. The number of hydrogen-bond donors (Lipinski definition) is 1. The monoisotopic (exact) mass is 358 g/mol. The number of hydrogen-bond acceptors (Lipinski definition) is 5. The third-order valence-electron chi connectivity index (χ3n) is 4.78. The van der Waals surface area contributed by atoms with E-state index in [1.54, 1.807) is 11.0 Å². The fourth-order valence-corrected chi connectivity index (χ4v) is 3.46. The van der Waals surface area contributed by atoms with Gasteiger partial charge in [0.2, 0.25) is 0 Å². The Bertz CT molecular complexity index is 1140. The number of fused-ring (bicyclic) bond motifs is 2. The van der Waals surface area contributed by atoms with Crippen LogP contribution in [-0.4, -0.2) is 22.3 Å². The van der Waals surface area contributed by atoms with Crippen molar-refractivity contribution < 1.29 is 9.21 Å². The molecule has 27 heavy (non-hydrogen) atoms. The summed E-state index contributed by atoms with van der Waals surface area (Å²) in [6.07, 6.45) is 0.730. The van der Waals surface area contributed by atoms with Crippen molar-refractivity contribution >= 4 is 22.7 Å². The highest BCUT2D eigenvalue weighted by molar-refractivity contribution is 6.05. The van der Waals surface area contributed by atoms with E-state index in [0.717, 1.165) is 34.2 Å². The standard InChI is InChI=1S/C21H18N4O2/c1-3-19-24-17-8-13(4-7-18(17)27-19)14-5-6-16(23)20-15(14)11-25(21(20)26)10-12(2)9-22/h4-8H,2-3,10-11,23H2,1H3. The third kappa shape index (κ3) is 2.74. The van der Waals surface area contributed by atoms with Gasteiger partial charge in [-0.1, -0.05) is 25.6 Å². The summed E-state index contributed by atoms with van der Waals surface area (Å²) in [7, 11) is 0. The highest BCUT2D eigenvalue weighted by Gasteiger charge is 2.32. The summed E-state index contributed by atoms with van der Waals surface area (Å²) in [6.45, 7) is 6.26. The molecule has 0 saturated heterocycles. The number of carbonyl (C=O) groups is 1. The number of nitrogen functional groups attached to an aromatic ring is 1. The molecule has 2 aromatic carbocycles. The van der Waals surface area contributed by atoms with Crippen LogP contribution in [0.4, 0.5) is 5.69 Å². The smallest absolute Gasteiger partial charge is 0.256 e. The molecule has 0 unspecified atom stereocenters. The van der Waals surface area contributed by atoms with Gasteiger partial charge in [-0.2, -0.15) is 5.26 Å². The molecule has 6 heteroatoms. The van der Waals surface area contributed by atoms with Crippen LogP contribution in [0.1, 0.15) is 28.7 Å². The predicted octanol–water partition coefficient (Wildman–Crippen LogP) is 3.67. The molecule has 4 rings (SSSR count). The average molecular weight is 358 g/mol. The molecule has 0 atom stereocenters. The van der Waals surface area contributed by atoms with Crippen molar-refractivity contribution in [1.82, 2.24) is 9.88 Å². The fourth-order valence-electron chi connectivity index (χ4n) is 3.46. The Kier molecular flexibility index (Phi) is 3.93. The summed E-state index contributed by atoms with van der Waals surface area (Å²) in [6, 6.07) is 11.5. The largest absolute Gasteiger partial charge is 0.441 e. The number of carbonyl (C=O) groups excluding carboxylic acids is 1. The summed E-state index contributed by atoms with van der Waals surface area (Å²) in [5.41, 5.74) is 11.6. The molecule has 0 bridgehead atoms. The van der Waals surface area contributed by atoms with Gasteiger partial charge >= 0.3 is 0 Å². The van der Waals surface area contributed by atoms with Gasteiger partial charge in [0.25, 0.3) is 5.91 Å². The molecular weight excluding hydrogens is 340 g/mol. The van der Waals surface area contributed by atoms with Crippen molar-refractivity contribution in [2.24, 2.45) is 0 Å². The van der Waals surface area contributed by atoms with Crippen molar-refractivity contribution in [2.45, 2.75) is 19.9 Å². The number of rotatable bonds is 4. The zero-order chi connectivity index (χ0) is 19.1. The Morgan fingerprint density at radius 2 is 2.22 bits per heavy atom. The number of nitrogens with two attached hydrogens (primary N) is 1. The number of aryl methyl sites for hydroxylation is 1. The van der Waals surface area contributed by atoms with Gasteiger partial charge in [-0.3, -0.25) is 4.79 Å². The normalized spacial score (nSPS) is 13.0. The lowest BCUT2D eigenvalue weighted by Gasteiger charge is -2.14. The molecule has 1 aromatic heterocycles. The second kappa shape index (κ2) is 6.29. The minimum Gasteiger partial charge on any atom is -0.441 e. The van der Waals surface area contributed by atoms with Crippen molar-refractivity contribution in [1.29, 1.82) is 5.26 Å². The molecule has 6 nitrogen and oxygen atoms in total. The Morgan fingerprint density at radius 1 is 1.41 bits per heavy atom. The van der Waals surface area contributed by atoms with Crippen LogP contribution in [-0.2, 0) is 13.0 Å². The van der Waals surface area contributed by atoms with E-state index in [0.29, 0.717) is 29.3 Å². The lowest BCUT2D eigenvalue weighted by atomic mass is 9.95. The number of oxazole rings is 1. The Morgan fingerprint density at radius 3 is 2.96 bits per heavy atom. The summed E-state index contributed by atoms with van der Waals surface area (Å²) in [4.78, 5) is 18.9. The van der Waals surface area contributed by atoms with Crippen molar-refractivity contribution in [3.05, 3.63) is 59.5 Å². The molecule has 1 aliphatic rings. The Labute approximate surface area is 156 Å². The second-order valence-electron chi connectivity index (χ2n) is 6.58. The minimum absolute atomic E-state index is 0.170. The zero-order valence-electron chi connectivity index (χ0n) is 15.0. The topological polar surface area (TPSA) is 96.2 Å². The molecule has 2 N–H and O–H groups in total. The van der Waals surface area contributed by atoms with Crippen molar-refractivity contribution in [3.63, 3.8) is 0 Å². The van der Waals surface area contributed by atoms with Crippen LogP contribution in [0, 0.1) is 11.3 Å². The molecule has 0 spiro atoms. The first-order valence-electron chi connectivity index (χ1n) is 8.70. The summed E-state index contributed by atoms with van der Waals surface area (Å²) < 4.78 is 5.68. The number of nitriles is 1. The van der Waals surface area contributed by atoms with E-state index in [2.05, 4.69) is 11.6 Å². The molecule has 0 radical (unpaired) electrons. The molecule has 0 aliphatic carbocycles. The van der Waals surface area contributed by atoms with Gasteiger partial charge in [-0.05, 0) is 34.9 Å². The molecular formula is C21H18N4O2. The summed E-state index contributed by atoms with van der Waals surface area (Å²) in [5, 5.41) is 8.98. The third-order valence-corrected chi connectivity index (χ3v) is 4.78. The van der Waals surface area contributed by atoms with Crippen molar-refractivity contribution in [3.8, 4) is 17.2 Å². The van der Waals surface area contributed by atoms with Gasteiger partial charge in [-0.15, -0.1) is 0 Å². The Balaban J connectivity index is 1.80. The van der Waals surface area contributed by atoms with E-state index in [-0.39, 0.29) is 12.5 Å². The van der Waals surface area contributed by atoms with E-state index >= 15 is 0 Å². The van der Waals surface area contributed by atoms with Gasteiger partial charge in [0.1, 0.15) is 5.52 Å². The fraction of sp³-hybridized carbons (Fsp3) is 0.190. The predicted molar refractivity (Wildman–Crippen MR) is 103 cm³/mol. The number of aromatic nitrogens is 1. The number of amides is 1. The van der Waals surface area contributed by atoms with Gasteiger partial charge < -0.3 is 15.1 Å². The second-order valence-corrected chi connectivity index (χ2v) is 6.58. The molecule has 0 fully saturated rings. The van der Waals surface area contributed by atoms with E-state index in [1.165, 1.54) is 0 Å². The van der Waals surface area contributed by atoms with E-state index in [9.17, 15) is 4.79 Å². The molecule has 134 valence electrons. The van der Waals surface area contributed by atoms with Crippen molar-refractivity contribution in [2.75, 3.05) is 12.3 Å². The molecule has 0 saturated carbocycles. The highest BCUT2D eigenvalue weighted by Crippen LogP contribution is 2.37. The molecule has 3 aromatic rings. The highest BCUT2D eigenvalue weighted by atomic mass is 16.3. The van der Waals surface area contributed by atoms with Crippen LogP contribution in [0.3, 0.4) is 0 Å². The van der Waals surface area contributed by atoms with Gasteiger partial charge in [-0.25, -0.2) is 4.98 Å². The maximum absolute atomic E-state index is 12.8. The average Bonchev–Trinajstić information content (AvgIpc) is 3.23. The number of benzene rings is 2. The van der Waals surface area contributed by atoms with Crippen LogP contribution in [0.5, 0.6) is 0 Å². The minimum atomic E-state index is -0.170. The van der Waals surface area contributed by atoms with Crippen LogP contribution >= 0.6 is 0 Å². The lowest BCUT2D eigenvalue weighted by molar-refractivity contribution is 0.0794. The molecule has 1 aliphatic heterocycles. The number of anilines is 1. The first-order chi connectivity index (χ1) is 13.0. The summed E-state index contributed by atoms with van der Waals surface area (Å²) >= 11 is 0. The van der Waals surface area contributed by atoms with Gasteiger partial charge in [0, 0.05) is 24.2 Å². The first-order valence-corrected chi connectivity index (χ1v) is 8.70. The quantitative estimate of drug-likeness (QED) is 0.567. The first kappa shape index (κ1) is 16.9. The van der Waals surface area contributed by atoms with E-state index in [4.69, 9.17) is 15.4 Å². The van der Waals surface area contributed by atoms with Gasteiger partial charge in [0.15, 0.2) is 11.5 Å². The maximum atomic E-state index is 12.8. The van der Waals surface area contributed by atoms with Crippen LogP contribution in [0.2, 0.25) is 0 Å². The Hall–Kier alpha value is -3.59. The van der Waals surface area contributed by atoms with Crippen LogP contribution in [0.15, 0.2) is 46.9 Å². The summed E-state index contributed by atoms with van der Waals surface area (Å²) in [5.74, 6) is 0.526. The van der Waals surface area contributed by atoms with Gasteiger partial charge in [0.05, 0.1) is 18.2 Å². The van der Waals surface area contributed by atoms with Crippen LogP contribution < -0.4 is 5.73 Å². The van der Waals surface area contributed by atoms with E-state index in [1.807, 2.05) is 37.3 Å². The SMILES string of the molecule is C=C(C#N)CN1Cc2c(-c3ccc4oc(CC)nc4c3)ccc(N)c2C1=O. The van der Waals surface area contributed by atoms with Crippen LogP contribution in [0.25, 0.3) is 22.2 Å².